The van der Waals surface area contributed by atoms with E-state index in [1.165, 1.54) is 16.9 Å². The minimum atomic E-state index is -3.75. The van der Waals surface area contributed by atoms with Gasteiger partial charge in [0.05, 0.1) is 24.9 Å². The number of nitrogens with two attached hydrogens (primary N) is 1. The van der Waals surface area contributed by atoms with Crippen LogP contribution in [0.3, 0.4) is 0 Å². The number of fused-ring (bicyclic) bond motifs is 1. The van der Waals surface area contributed by atoms with Crippen molar-refractivity contribution < 1.29 is 18.1 Å². The summed E-state index contributed by atoms with van der Waals surface area (Å²) in [4.78, 5) is 13.9. The molecule has 0 saturated heterocycles. The number of hydrogen-bond donors (Lipinski definition) is 2. The van der Waals surface area contributed by atoms with Gasteiger partial charge in [0, 0.05) is 5.25 Å². The highest BCUT2D eigenvalue weighted by Crippen LogP contribution is 2.52. The lowest BCUT2D eigenvalue weighted by Crippen LogP contribution is -2.28. The normalized spacial score (nSPS) is 14.1. The number of rotatable bonds is 14. The van der Waals surface area contributed by atoms with E-state index in [1.807, 2.05) is 18.2 Å². The molecule has 0 aliphatic heterocycles. The molecule has 0 aliphatic carbocycles. The highest BCUT2D eigenvalue weighted by atomic mass is 32.2. The zero-order chi connectivity index (χ0) is 27.2. The highest BCUT2D eigenvalue weighted by molar-refractivity contribution is 7.99. The maximum atomic E-state index is 13.3. The maximum absolute atomic E-state index is 13.3. The molecule has 0 saturated carbocycles. The Balaban J connectivity index is 1.86. The lowest BCUT2D eigenvalue weighted by molar-refractivity contribution is 0.0689. The highest BCUT2D eigenvalue weighted by Gasteiger charge is 2.31. The average Bonchev–Trinajstić information content (AvgIpc) is 3.17. The third-order valence-corrected chi connectivity index (χ3v) is 8.74. The Morgan fingerprint density at radius 1 is 1.00 bits per heavy atom. The van der Waals surface area contributed by atoms with Crippen molar-refractivity contribution in [3.05, 3.63) is 35.9 Å². The first-order chi connectivity index (χ1) is 17.4. The third-order valence-electron chi connectivity index (χ3n) is 5.01. The Bertz CT molecular complexity index is 1180. The third kappa shape index (κ3) is 9.19. The minimum absolute atomic E-state index is 0.109. The molecule has 3 rings (SSSR count). The van der Waals surface area contributed by atoms with Crippen molar-refractivity contribution in [3.8, 4) is 0 Å². The fourth-order valence-electron chi connectivity index (χ4n) is 3.64. The van der Waals surface area contributed by atoms with Crippen LogP contribution in [-0.2, 0) is 18.1 Å². The van der Waals surface area contributed by atoms with E-state index < -0.39 is 7.82 Å². The Morgan fingerprint density at radius 3 is 2.24 bits per heavy atom. The molecule has 2 aromatic heterocycles. The number of thioether (sulfide) groups is 1. The number of phosphoric ester groups is 1. The molecular formula is C25H38N5O4PS2. The summed E-state index contributed by atoms with van der Waals surface area (Å²) in [7, 11) is -3.75. The molecule has 0 bridgehead atoms. The molecule has 2 atom stereocenters. The second-order valence-electron chi connectivity index (χ2n) is 9.75. The second kappa shape index (κ2) is 13.4. The fourth-order valence-corrected chi connectivity index (χ4v) is 6.82. The van der Waals surface area contributed by atoms with Crippen molar-refractivity contribution in [1.29, 1.82) is 0 Å². The standard InChI is InChI=1S/C25H38N5O4PS2/c1-15(2)13-20(14-32-35(31,33-16(3)4)34-17(5)6)27-22-21-23(28-24(26)37-21)30-25(29-22)36-18(7)19-11-9-8-10-12-19/h8-12,15-18,20H,13-14H2,1-7H3,(H3,26,27,28,29,30). The molecule has 3 aromatic rings. The summed E-state index contributed by atoms with van der Waals surface area (Å²) in [6.45, 7) is 13.6. The first kappa shape index (κ1) is 29.8. The monoisotopic (exact) mass is 567 g/mol. The Kier molecular flexibility index (Phi) is 10.8. The van der Waals surface area contributed by atoms with Gasteiger partial charge >= 0.3 is 7.82 Å². The summed E-state index contributed by atoms with van der Waals surface area (Å²) in [6, 6.07) is 9.99. The maximum Gasteiger partial charge on any atom is 0.475 e. The molecule has 9 nitrogen and oxygen atoms in total. The van der Waals surface area contributed by atoms with Crippen molar-refractivity contribution >= 4 is 52.2 Å². The van der Waals surface area contributed by atoms with Gasteiger partial charge in [0.1, 0.15) is 4.70 Å². The van der Waals surface area contributed by atoms with Crippen LogP contribution in [0.25, 0.3) is 10.3 Å². The quantitative estimate of drug-likeness (QED) is 0.116. The molecule has 204 valence electrons. The van der Waals surface area contributed by atoms with Crippen LogP contribution in [0.5, 0.6) is 0 Å². The number of anilines is 2. The second-order valence-corrected chi connectivity index (χ2v) is 13.7. The van der Waals surface area contributed by atoms with Gasteiger partial charge < -0.3 is 11.1 Å². The molecule has 0 amide bonds. The summed E-state index contributed by atoms with van der Waals surface area (Å²) in [5.74, 6) is 0.967. The Labute approximate surface area is 227 Å². The number of phosphoric acid groups is 1. The summed E-state index contributed by atoms with van der Waals surface area (Å²) < 4.78 is 31.0. The molecule has 12 heteroatoms. The van der Waals surface area contributed by atoms with Crippen LogP contribution in [0.4, 0.5) is 10.9 Å². The van der Waals surface area contributed by atoms with Gasteiger partial charge in [-0.3, -0.25) is 13.6 Å². The molecule has 0 aliphatic rings. The van der Waals surface area contributed by atoms with Gasteiger partial charge in [0.2, 0.25) is 0 Å². The summed E-state index contributed by atoms with van der Waals surface area (Å²) >= 11 is 2.88. The smallest absolute Gasteiger partial charge is 0.375 e. The summed E-state index contributed by atoms with van der Waals surface area (Å²) in [5.41, 5.74) is 7.76. The predicted molar refractivity (Wildman–Crippen MR) is 153 cm³/mol. The number of thiazole rings is 1. The lowest BCUT2D eigenvalue weighted by Gasteiger charge is -2.26. The van der Waals surface area contributed by atoms with Crippen LogP contribution < -0.4 is 11.1 Å². The van der Waals surface area contributed by atoms with Gasteiger partial charge in [0.15, 0.2) is 21.8 Å². The van der Waals surface area contributed by atoms with Crippen molar-refractivity contribution in [2.45, 2.75) is 83.5 Å². The molecule has 0 spiro atoms. The van der Waals surface area contributed by atoms with E-state index in [0.717, 1.165) is 11.1 Å². The molecule has 0 radical (unpaired) electrons. The van der Waals surface area contributed by atoms with Crippen LogP contribution in [0.2, 0.25) is 0 Å². The van der Waals surface area contributed by atoms with E-state index in [1.54, 1.807) is 39.5 Å². The number of hydrogen-bond acceptors (Lipinski definition) is 11. The van der Waals surface area contributed by atoms with Crippen molar-refractivity contribution in [1.82, 2.24) is 15.0 Å². The first-order valence-electron chi connectivity index (χ1n) is 12.5. The number of nitrogen functional groups attached to an aromatic ring is 1. The molecule has 37 heavy (non-hydrogen) atoms. The zero-order valence-corrected chi connectivity index (χ0v) is 25.0. The topological polar surface area (TPSA) is 121 Å². The van der Waals surface area contributed by atoms with E-state index in [2.05, 4.69) is 48.2 Å². The van der Waals surface area contributed by atoms with Crippen LogP contribution in [0.1, 0.15) is 65.7 Å². The summed E-state index contributed by atoms with van der Waals surface area (Å²) in [6.07, 6.45) is 0.120. The van der Waals surface area contributed by atoms with Gasteiger partial charge in [0.25, 0.3) is 0 Å². The minimum Gasteiger partial charge on any atom is -0.375 e. The SMILES string of the molecule is CC(C)CC(COP(=O)(OC(C)C)OC(C)C)Nc1nc(SC(C)c2ccccc2)nc2nc(N)sc12. The van der Waals surface area contributed by atoms with Crippen molar-refractivity contribution in [3.63, 3.8) is 0 Å². The molecule has 0 fully saturated rings. The van der Waals surface area contributed by atoms with Crippen molar-refractivity contribution in [2.24, 2.45) is 5.92 Å². The molecule has 3 N–H and O–H groups in total. The number of nitrogens with one attached hydrogen (secondary N) is 1. The lowest BCUT2D eigenvalue weighted by atomic mass is 10.0. The molecular weight excluding hydrogens is 529 g/mol. The Morgan fingerprint density at radius 2 is 1.65 bits per heavy atom. The molecule has 2 heterocycles. The van der Waals surface area contributed by atoms with Gasteiger partial charge in [-0.15, -0.1) is 0 Å². The van der Waals surface area contributed by atoms with E-state index in [-0.39, 0.29) is 30.1 Å². The number of aromatic nitrogens is 3. The molecule has 2 unspecified atom stereocenters. The predicted octanol–water partition coefficient (Wildman–Crippen LogP) is 7.32. The van der Waals surface area contributed by atoms with Gasteiger partial charge in [-0.25, -0.2) is 19.5 Å². The van der Waals surface area contributed by atoms with E-state index in [4.69, 9.17) is 24.3 Å². The van der Waals surface area contributed by atoms with E-state index >= 15 is 0 Å². The van der Waals surface area contributed by atoms with E-state index in [0.29, 0.717) is 27.7 Å². The van der Waals surface area contributed by atoms with Crippen LogP contribution in [0, 0.1) is 5.92 Å². The van der Waals surface area contributed by atoms with Crippen LogP contribution in [-0.4, -0.2) is 39.8 Å². The fraction of sp³-hybridized carbons (Fsp3) is 0.560. The largest absolute Gasteiger partial charge is 0.475 e. The van der Waals surface area contributed by atoms with Gasteiger partial charge in [-0.05, 0) is 52.5 Å². The van der Waals surface area contributed by atoms with E-state index in [9.17, 15) is 4.57 Å². The number of nitrogens with zero attached hydrogens (tertiary/aromatic N) is 3. The van der Waals surface area contributed by atoms with Crippen LogP contribution >= 0.6 is 30.9 Å². The zero-order valence-electron chi connectivity index (χ0n) is 22.5. The Hall–Kier alpha value is -1.75. The molecule has 1 aromatic carbocycles. The van der Waals surface area contributed by atoms with Gasteiger partial charge in [-0.1, -0.05) is 67.3 Å². The summed E-state index contributed by atoms with van der Waals surface area (Å²) in [5, 5.41) is 4.65. The van der Waals surface area contributed by atoms with Crippen molar-refractivity contribution in [2.75, 3.05) is 17.7 Å². The average molecular weight is 568 g/mol. The first-order valence-corrected chi connectivity index (χ1v) is 15.6. The van der Waals surface area contributed by atoms with Gasteiger partial charge in [-0.2, -0.15) is 0 Å². The number of benzene rings is 1. The van der Waals surface area contributed by atoms with Crippen LogP contribution in [0.15, 0.2) is 35.5 Å².